The first-order chi connectivity index (χ1) is 12.0. The Balaban J connectivity index is 1.74. The fourth-order valence-corrected chi connectivity index (χ4v) is 2.78. The fraction of sp³-hybridized carbons (Fsp3) is 0.529. The quantitative estimate of drug-likeness (QED) is 0.822. The first kappa shape index (κ1) is 17.3. The Morgan fingerprint density at radius 1 is 1.40 bits per heavy atom. The number of pyridine rings is 1. The second kappa shape index (κ2) is 7.18. The van der Waals surface area contributed by atoms with E-state index in [0.717, 1.165) is 5.56 Å². The molecule has 8 heteroatoms. The number of amides is 1. The number of nitrogens with two attached hydrogens (primary N) is 1. The summed E-state index contributed by atoms with van der Waals surface area (Å²) in [7, 11) is 0. The highest BCUT2D eigenvalue weighted by Crippen LogP contribution is 2.31. The molecule has 0 unspecified atom stereocenters. The summed E-state index contributed by atoms with van der Waals surface area (Å²) in [5, 5.41) is 7.19. The van der Waals surface area contributed by atoms with Crippen LogP contribution >= 0.6 is 0 Å². The van der Waals surface area contributed by atoms with Gasteiger partial charge in [-0.3, -0.25) is 4.79 Å². The molecule has 0 aliphatic carbocycles. The average Bonchev–Trinajstić information content (AvgIpc) is 3.11. The highest BCUT2D eigenvalue weighted by atomic mass is 16.5. The molecule has 0 radical (unpaired) electrons. The van der Waals surface area contributed by atoms with Crippen LogP contribution in [0.5, 0.6) is 0 Å². The third-order valence-corrected chi connectivity index (χ3v) is 4.55. The molecule has 0 aromatic carbocycles. The number of carbonyl (C=O) groups is 1. The summed E-state index contributed by atoms with van der Waals surface area (Å²) in [6.07, 6.45) is 2.88. The van der Waals surface area contributed by atoms with Crippen LogP contribution in [0.2, 0.25) is 0 Å². The second-order valence-corrected chi connectivity index (χ2v) is 6.65. The summed E-state index contributed by atoms with van der Waals surface area (Å²) in [6, 6.07) is 3.63. The van der Waals surface area contributed by atoms with E-state index in [0.29, 0.717) is 50.1 Å². The summed E-state index contributed by atoms with van der Waals surface area (Å²) >= 11 is 0. The zero-order chi connectivity index (χ0) is 17.9. The molecular weight excluding hydrogens is 322 g/mol. The first-order valence-electron chi connectivity index (χ1n) is 8.42. The van der Waals surface area contributed by atoms with Crippen molar-refractivity contribution in [2.45, 2.75) is 32.6 Å². The number of aromatic nitrogens is 3. The summed E-state index contributed by atoms with van der Waals surface area (Å²) in [6.45, 7) is 5.51. The lowest BCUT2D eigenvalue weighted by atomic mass is 9.79. The van der Waals surface area contributed by atoms with Crippen molar-refractivity contribution in [2.75, 3.05) is 25.1 Å². The number of nitrogens with one attached hydrogen (secondary N) is 1. The SMILES string of the molecule is CC(C)c1noc(-c2ccnc(NCC3(C(N)=O)CCOCC3)c2)n1. The van der Waals surface area contributed by atoms with Gasteiger partial charge in [0.15, 0.2) is 5.82 Å². The van der Waals surface area contributed by atoms with Gasteiger partial charge in [-0.05, 0) is 25.0 Å². The lowest BCUT2D eigenvalue weighted by Crippen LogP contribution is -2.46. The largest absolute Gasteiger partial charge is 0.381 e. The highest BCUT2D eigenvalue weighted by Gasteiger charge is 2.38. The normalized spacial score (nSPS) is 16.8. The molecule has 1 saturated heterocycles. The third kappa shape index (κ3) is 3.79. The zero-order valence-corrected chi connectivity index (χ0v) is 14.5. The van der Waals surface area contributed by atoms with Crippen LogP contribution in [0, 0.1) is 5.41 Å². The Morgan fingerprint density at radius 3 is 2.80 bits per heavy atom. The Bertz CT molecular complexity index is 737. The van der Waals surface area contributed by atoms with Crippen LogP contribution in [0.1, 0.15) is 38.4 Å². The van der Waals surface area contributed by atoms with Gasteiger partial charge in [0.25, 0.3) is 5.89 Å². The van der Waals surface area contributed by atoms with E-state index in [9.17, 15) is 4.79 Å². The molecule has 3 heterocycles. The van der Waals surface area contributed by atoms with Gasteiger partial charge >= 0.3 is 0 Å². The molecule has 0 spiro atoms. The molecule has 0 saturated carbocycles. The topological polar surface area (TPSA) is 116 Å². The average molecular weight is 345 g/mol. The van der Waals surface area contributed by atoms with Crippen molar-refractivity contribution in [3.05, 3.63) is 24.2 Å². The van der Waals surface area contributed by atoms with Gasteiger partial charge in [0, 0.05) is 37.4 Å². The molecule has 0 bridgehead atoms. The van der Waals surface area contributed by atoms with E-state index in [1.165, 1.54) is 0 Å². The summed E-state index contributed by atoms with van der Waals surface area (Å²) in [5.41, 5.74) is 5.80. The van der Waals surface area contributed by atoms with Crippen molar-refractivity contribution in [1.29, 1.82) is 0 Å². The van der Waals surface area contributed by atoms with Gasteiger partial charge in [-0.1, -0.05) is 19.0 Å². The minimum atomic E-state index is -0.606. The number of rotatable bonds is 6. The molecule has 2 aromatic heterocycles. The minimum absolute atomic E-state index is 0.195. The van der Waals surface area contributed by atoms with Crippen molar-refractivity contribution >= 4 is 11.7 Å². The molecule has 1 fully saturated rings. The summed E-state index contributed by atoms with van der Waals surface area (Å²) < 4.78 is 10.7. The summed E-state index contributed by atoms with van der Waals surface area (Å²) in [4.78, 5) is 20.6. The van der Waals surface area contributed by atoms with Crippen LogP contribution in [0.25, 0.3) is 11.5 Å². The predicted molar refractivity (Wildman–Crippen MR) is 91.8 cm³/mol. The maximum Gasteiger partial charge on any atom is 0.258 e. The molecule has 1 amide bonds. The predicted octanol–water partition coefficient (Wildman–Crippen LogP) is 1.95. The number of anilines is 1. The van der Waals surface area contributed by atoms with E-state index >= 15 is 0 Å². The van der Waals surface area contributed by atoms with Crippen LogP contribution in [-0.4, -0.2) is 40.8 Å². The van der Waals surface area contributed by atoms with Gasteiger partial charge in [-0.2, -0.15) is 4.98 Å². The number of carbonyl (C=O) groups excluding carboxylic acids is 1. The van der Waals surface area contributed by atoms with Crippen LogP contribution in [0.15, 0.2) is 22.9 Å². The zero-order valence-electron chi connectivity index (χ0n) is 14.5. The number of primary amides is 1. The number of ether oxygens (including phenoxy) is 1. The smallest absolute Gasteiger partial charge is 0.258 e. The lowest BCUT2D eigenvalue weighted by molar-refractivity contribution is -0.132. The van der Waals surface area contributed by atoms with Crippen LogP contribution in [0.4, 0.5) is 5.82 Å². The van der Waals surface area contributed by atoms with Gasteiger partial charge in [0.2, 0.25) is 5.91 Å². The van der Waals surface area contributed by atoms with Gasteiger partial charge in [-0.25, -0.2) is 4.98 Å². The van der Waals surface area contributed by atoms with Crippen LogP contribution in [-0.2, 0) is 9.53 Å². The Hall–Kier alpha value is -2.48. The molecule has 25 heavy (non-hydrogen) atoms. The first-order valence-corrected chi connectivity index (χ1v) is 8.42. The monoisotopic (exact) mass is 345 g/mol. The number of hydrogen-bond acceptors (Lipinski definition) is 7. The van der Waals surface area contributed by atoms with E-state index in [1.54, 1.807) is 12.3 Å². The van der Waals surface area contributed by atoms with Crippen molar-refractivity contribution in [1.82, 2.24) is 15.1 Å². The molecule has 134 valence electrons. The maximum absolute atomic E-state index is 11.9. The Morgan fingerprint density at radius 2 is 2.16 bits per heavy atom. The molecule has 3 rings (SSSR count). The molecule has 1 aliphatic heterocycles. The van der Waals surface area contributed by atoms with Gasteiger partial charge < -0.3 is 20.3 Å². The van der Waals surface area contributed by atoms with Gasteiger partial charge in [0.05, 0.1) is 5.41 Å². The minimum Gasteiger partial charge on any atom is -0.381 e. The van der Waals surface area contributed by atoms with Gasteiger partial charge in [-0.15, -0.1) is 0 Å². The maximum atomic E-state index is 11.9. The van der Waals surface area contributed by atoms with E-state index in [-0.39, 0.29) is 11.8 Å². The van der Waals surface area contributed by atoms with Crippen molar-refractivity contribution in [2.24, 2.45) is 11.1 Å². The molecule has 2 aromatic rings. The van der Waals surface area contributed by atoms with Crippen LogP contribution < -0.4 is 11.1 Å². The lowest BCUT2D eigenvalue weighted by Gasteiger charge is -2.34. The molecule has 1 aliphatic rings. The van der Waals surface area contributed by atoms with Gasteiger partial charge in [0.1, 0.15) is 5.82 Å². The van der Waals surface area contributed by atoms with E-state index in [2.05, 4.69) is 20.4 Å². The second-order valence-electron chi connectivity index (χ2n) is 6.65. The number of nitrogens with zero attached hydrogens (tertiary/aromatic N) is 3. The van der Waals surface area contributed by atoms with Crippen molar-refractivity contribution in [3.63, 3.8) is 0 Å². The van der Waals surface area contributed by atoms with Crippen molar-refractivity contribution < 1.29 is 14.1 Å². The number of hydrogen-bond donors (Lipinski definition) is 2. The third-order valence-electron chi connectivity index (χ3n) is 4.55. The molecule has 0 atom stereocenters. The Kier molecular flexibility index (Phi) is 4.98. The highest BCUT2D eigenvalue weighted by molar-refractivity contribution is 5.81. The fourth-order valence-electron chi connectivity index (χ4n) is 2.78. The molecular formula is C17H23N5O3. The standard InChI is InChI=1S/C17H23N5O3/c1-11(2)14-21-15(25-22-14)12-3-6-19-13(9-12)20-10-17(16(18)23)4-7-24-8-5-17/h3,6,9,11H,4-5,7-8,10H2,1-2H3,(H2,18,23)(H,19,20). The van der Waals surface area contributed by atoms with E-state index < -0.39 is 5.41 Å². The van der Waals surface area contributed by atoms with E-state index in [4.69, 9.17) is 15.0 Å². The van der Waals surface area contributed by atoms with Crippen molar-refractivity contribution in [3.8, 4) is 11.5 Å². The summed E-state index contributed by atoms with van der Waals surface area (Å²) in [5.74, 6) is 1.63. The Labute approximate surface area is 146 Å². The molecule has 8 nitrogen and oxygen atoms in total. The van der Waals surface area contributed by atoms with Crippen LogP contribution in [0.3, 0.4) is 0 Å². The van der Waals surface area contributed by atoms with E-state index in [1.807, 2.05) is 19.9 Å². The molecule has 3 N–H and O–H groups in total.